The number of benzene rings is 2. The second-order valence-electron chi connectivity index (χ2n) is 6.00. The number of nitrogens with one attached hydrogen (secondary N) is 1. The molecule has 1 atom stereocenters. The molecule has 0 saturated carbocycles. The number of thiazole rings is 1. The van der Waals surface area contributed by atoms with Gasteiger partial charge in [-0.2, -0.15) is 0 Å². The first-order valence-electron chi connectivity index (χ1n) is 8.54. The van der Waals surface area contributed by atoms with Crippen LogP contribution in [0.3, 0.4) is 0 Å². The van der Waals surface area contributed by atoms with Crippen LogP contribution in [0, 0.1) is 0 Å². The minimum atomic E-state index is -0.229. The molecule has 138 valence electrons. The van der Waals surface area contributed by atoms with Gasteiger partial charge < -0.3 is 19.5 Å². The summed E-state index contributed by atoms with van der Waals surface area (Å²) >= 11 is 1.52. The molecule has 1 amide bonds. The Morgan fingerprint density at radius 3 is 2.96 bits per heavy atom. The highest BCUT2D eigenvalue weighted by Crippen LogP contribution is 2.30. The van der Waals surface area contributed by atoms with Crippen molar-refractivity contribution in [2.75, 3.05) is 13.2 Å². The average Bonchev–Trinajstić information content (AvgIpc) is 3.24. The number of para-hydroxylation sites is 2. The lowest BCUT2D eigenvalue weighted by atomic mass is 10.2. The van der Waals surface area contributed by atoms with Crippen LogP contribution >= 0.6 is 11.3 Å². The van der Waals surface area contributed by atoms with Crippen LogP contribution in [0.5, 0.6) is 17.2 Å². The monoisotopic (exact) mass is 382 g/mol. The summed E-state index contributed by atoms with van der Waals surface area (Å²) in [5.41, 5.74) is 3.16. The summed E-state index contributed by atoms with van der Waals surface area (Å²) in [6.07, 6.45) is -0.229. The largest absolute Gasteiger partial charge is 0.487 e. The zero-order valence-electron chi connectivity index (χ0n) is 14.5. The van der Waals surface area contributed by atoms with Crippen molar-refractivity contribution in [1.29, 1.82) is 0 Å². The molecule has 1 aromatic heterocycles. The zero-order chi connectivity index (χ0) is 18.5. The number of hydrogen-bond acceptors (Lipinski definition) is 6. The highest BCUT2D eigenvalue weighted by molar-refractivity contribution is 7.07. The number of ether oxygens (including phenoxy) is 3. The highest BCUT2D eigenvalue weighted by Gasteiger charge is 2.21. The molecule has 2 heterocycles. The molecule has 6 nitrogen and oxygen atoms in total. The molecular weight excluding hydrogens is 364 g/mol. The van der Waals surface area contributed by atoms with E-state index < -0.39 is 0 Å². The minimum absolute atomic E-state index is 0.184. The fourth-order valence-electron chi connectivity index (χ4n) is 2.67. The van der Waals surface area contributed by atoms with E-state index >= 15 is 0 Å². The lowest BCUT2D eigenvalue weighted by Crippen LogP contribution is -2.40. The number of aromatic nitrogens is 1. The van der Waals surface area contributed by atoms with E-state index in [1.54, 1.807) is 23.7 Å². The Balaban J connectivity index is 1.31. The lowest BCUT2D eigenvalue weighted by molar-refractivity contribution is 0.0789. The number of nitrogens with zero attached hydrogens (tertiary/aromatic N) is 1. The van der Waals surface area contributed by atoms with Gasteiger partial charge in [0.05, 0.1) is 17.7 Å². The molecule has 4 rings (SSSR count). The van der Waals surface area contributed by atoms with Crippen LogP contribution in [0.4, 0.5) is 0 Å². The van der Waals surface area contributed by atoms with Gasteiger partial charge in [0.25, 0.3) is 5.91 Å². The molecule has 1 unspecified atom stereocenters. The molecule has 7 heteroatoms. The smallest absolute Gasteiger partial charge is 0.251 e. The number of carbonyl (C=O) groups excluding carboxylic acids is 1. The minimum Gasteiger partial charge on any atom is -0.487 e. The molecule has 27 heavy (non-hydrogen) atoms. The molecule has 2 aromatic carbocycles. The van der Waals surface area contributed by atoms with E-state index in [4.69, 9.17) is 14.2 Å². The Labute approximate surface area is 160 Å². The Morgan fingerprint density at radius 1 is 1.22 bits per heavy atom. The van der Waals surface area contributed by atoms with Gasteiger partial charge in [0, 0.05) is 10.9 Å². The second kappa shape index (κ2) is 8.09. The first-order chi connectivity index (χ1) is 13.3. The molecule has 0 spiro atoms. The molecule has 1 aliphatic heterocycles. The van der Waals surface area contributed by atoms with E-state index in [0.717, 1.165) is 11.4 Å². The van der Waals surface area contributed by atoms with Gasteiger partial charge in [-0.25, -0.2) is 4.98 Å². The quantitative estimate of drug-likeness (QED) is 0.708. The van der Waals surface area contributed by atoms with Crippen LogP contribution in [-0.2, 0) is 6.61 Å². The summed E-state index contributed by atoms with van der Waals surface area (Å²) in [5.74, 6) is 1.86. The van der Waals surface area contributed by atoms with E-state index in [0.29, 0.717) is 36.8 Å². The average molecular weight is 382 g/mol. The van der Waals surface area contributed by atoms with Crippen molar-refractivity contribution >= 4 is 17.2 Å². The van der Waals surface area contributed by atoms with E-state index in [1.165, 1.54) is 11.3 Å². The number of carbonyl (C=O) groups is 1. The van der Waals surface area contributed by atoms with Crippen molar-refractivity contribution in [3.8, 4) is 17.2 Å². The van der Waals surface area contributed by atoms with Gasteiger partial charge in [-0.3, -0.25) is 4.79 Å². The fraction of sp³-hybridized carbons (Fsp3) is 0.200. The van der Waals surface area contributed by atoms with Crippen LogP contribution < -0.4 is 19.5 Å². The molecule has 0 bridgehead atoms. The zero-order valence-corrected chi connectivity index (χ0v) is 15.3. The molecule has 0 fully saturated rings. The van der Waals surface area contributed by atoms with Crippen molar-refractivity contribution in [1.82, 2.24) is 10.3 Å². The van der Waals surface area contributed by atoms with E-state index in [9.17, 15) is 4.79 Å². The SMILES string of the molecule is O=C(NCC1COc2ccccc2O1)c1cccc(OCc2cscn2)c1. The molecule has 0 saturated heterocycles. The van der Waals surface area contributed by atoms with E-state index in [2.05, 4.69) is 10.3 Å². The van der Waals surface area contributed by atoms with Crippen molar-refractivity contribution in [3.05, 3.63) is 70.7 Å². The summed E-state index contributed by atoms with van der Waals surface area (Å²) in [5, 5.41) is 4.82. The lowest BCUT2D eigenvalue weighted by Gasteiger charge is -2.26. The third-order valence-electron chi connectivity index (χ3n) is 4.02. The van der Waals surface area contributed by atoms with E-state index in [-0.39, 0.29) is 12.0 Å². The summed E-state index contributed by atoms with van der Waals surface area (Å²) in [4.78, 5) is 16.6. The standard InChI is InChI=1S/C20H18N2O4S/c23-20(21-9-17-11-25-18-6-1-2-7-19(18)26-17)14-4-3-5-16(8-14)24-10-15-12-27-13-22-15/h1-8,12-13,17H,9-11H2,(H,21,23). The maximum Gasteiger partial charge on any atom is 0.251 e. The van der Waals surface area contributed by atoms with Crippen molar-refractivity contribution in [2.24, 2.45) is 0 Å². The van der Waals surface area contributed by atoms with Crippen LogP contribution in [0.25, 0.3) is 0 Å². The molecule has 3 aromatic rings. The van der Waals surface area contributed by atoms with Crippen LogP contribution in [0.15, 0.2) is 59.4 Å². The Kier molecular flexibility index (Phi) is 5.20. The third kappa shape index (κ3) is 4.38. The van der Waals surface area contributed by atoms with Crippen molar-refractivity contribution in [2.45, 2.75) is 12.7 Å². The molecular formula is C20H18N2O4S. The van der Waals surface area contributed by atoms with Gasteiger partial charge in [-0.15, -0.1) is 11.3 Å². The summed E-state index contributed by atoms with van der Waals surface area (Å²) in [7, 11) is 0. The van der Waals surface area contributed by atoms with Gasteiger partial charge in [-0.1, -0.05) is 18.2 Å². The maximum atomic E-state index is 12.4. The summed E-state index contributed by atoms with van der Waals surface area (Å²) in [6.45, 7) is 1.13. The Morgan fingerprint density at radius 2 is 2.11 bits per heavy atom. The number of amides is 1. The Hall–Kier alpha value is -3.06. The van der Waals surface area contributed by atoms with Crippen molar-refractivity contribution < 1.29 is 19.0 Å². The fourth-order valence-corrected chi connectivity index (χ4v) is 3.21. The Bertz CT molecular complexity index is 914. The molecule has 0 aliphatic carbocycles. The predicted molar refractivity (Wildman–Crippen MR) is 102 cm³/mol. The van der Waals surface area contributed by atoms with Crippen molar-refractivity contribution in [3.63, 3.8) is 0 Å². The number of hydrogen-bond donors (Lipinski definition) is 1. The van der Waals surface area contributed by atoms with Gasteiger partial charge in [0.2, 0.25) is 0 Å². The van der Waals surface area contributed by atoms with Gasteiger partial charge >= 0.3 is 0 Å². The van der Waals surface area contributed by atoms with Gasteiger partial charge in [0.1, 0.15) is 25.1 Å². The first-order valence-corrected chi connectivity index (χ1v) is 9.49. The topological polar surface area (TPSA) is 69.7 Å². The summed E-state index contributed by atoms with van der Waals surface area (Å²) in [6, 6.07) is 14.6. The van der Waals surface area contributed by atoms with Gasteiger partial charge in [-0.05, 0) is 30.3 Å². The normalized spacial score (nSPS) is 15.2. The number of rotatable bonds is 6. The molecule has 1 N–H and O–H groups in total. The number of fused-ring (bicyclic) bond motifs is 1. The van der Waals surface area contributed by atoms with Crippen LogP contribution in [0.1, 0.15) is 16.1 Å². The molecule has 1 aliphatic rings. The predicted octanol–water partition coefficient (Wildman–Crippen LogP) is 3.29. The first kappa shape index (κ1) is 17.4. The third-order valence-corrected chi connectivity index (χ3v) is 4.66. The second-order valence-corrected chi connectivity index (χ2v) is 6.72. The van der Waals surface area contributed by atoms with Crippen LogP contribution in [0.2, 0.25) is 0 Å². The maximum absolute atomic E-state index is 12.4. The van der Waals surface area contributed by atoms with Gasteiger partial charge in [0.15, 0.2) is 11.5 Å². The molecule has 0 radical (unpaired) electrons. The van der Waals surface area contributed by atoms with E-state index in [1.807, 2.05) is 35.7 Å². The summed E-state index contributed by atoms with van der Waals surface area (Å²) < 4.78 is 17.2. The van der Waals surface area contributed by atoms with Crippen LogP contribution in [-0.4, -0.2) is 30.1 Å². The highest BCUT2D eigenvalue weighted by atomic mass is 32.1.